The molecule has 1 heterocycles. The molecule has 0 aromatic carbocycles. The second kappa shape index (κ2) is 23.2. The van der Waals surface area contributed by atoms with Crippen LogP contribution in [0.15, 0.2) is 0 Å². The molecule has 0 spiro atoms. The molecule has 1 rings (SSSR count). The van der Waals surface area contributed by atoms with E-state index in [1.54, 1.807) is 13.8 Å². The number of hydrogen-bond acceptors (Lipinski definition) is 9. The second-order valence-electron chi connectivity index (χ2n) is 13.0. The lowest BCUT2D eigenvalue weighted by molar-refractivity contribution is -0.157. The number of aliphatic hydroxyl groups is 2. The molecule has 14 nitrogen and oxygen atoms in total. The average Bonchev–Trinajstić information content (AvgIpc) is 3.07. The fourth-order valence-electron chi connectivity index (χ4n) is 5.35. The predicted molar refractivity (Wildman–Crippen MR) is 180 cm³/mol. The molecular formula is C34H61N5O9. The number of unbranched alkanes of at least 4 members (excludes halogenated alkanes) is 8. The maximum Gasteiger partial charge on any atom is 0.329 e. The van der Waals surface area contributed by atoms with Crippen LogP contribution in [0, 0.1) is 11.8 Å². The number of amides is 5. The minimum absolute atomic E-state index is 0.125. The molecule has 0 radical (unpaired) electrons. The molecule has 7 N–H and O–H groups in total. The van der Waals surface area contributed by atoms with Gasteiger partial charge in [0.1, 0.15) is 36.3 Å². The van der Waals surface area contributed by atoms with E-state index >= 15 is 0 Å². The van der Waals surface area contributed by atoms with E-state index in [2.05, 4.69) is 33.5 Å². The van der Waals surface area contributed by atoms with Crippen LogP contribution in [-0.4, -0.2) is 95.2 Å². The van der Waals surface area contributed by atoms with Crippen LogP contribution < -0.4 is 26.6 Å². The number of aliphatic hydroxyl groups excluding tert-OH is 2. The van der Waals surface area contributed by atoms with Gasteiger partial charge in [-0.25, -0.2) is 4.79 Å². The van der Waals surface area contributed by atoms with Crippen molar-refractivity contribution >= 4 is 35.5 Å². The summed E-state index contributed by atoms with van der Waals surface area (Å²) in [4.78, 5) is 79.6. The van der Waals surface area contributed by atoms with Crippen molar-refractivity contribution < 1.29 is 43.7 Å². The van der Waals surface area contributed by atoms with Crippen LogP contribution in [0.25, 0.3) is 0 Å². The van der Waals surface area contributed by atoms with E-state index in [0.29, 0.717) is 19.3 Å². The summed E-state index contributed by atoms with van der Waals surface area (Å²) in [6.45, 7) is 8.99. The summed E-state index contributed by atoms with van der Waals surface area (Å²) >= 11 is 0. The van der Waals surface area contributed by atoms with Crippen molar-refractivity contribution in [3.8, 4) is 0 Å². The molecular weight excluding hydrogens is 622 g/mol. The van der Waals surface area contributed by atoms with Gasteiger partial charge in [0.2, 0.25) is 29.5 Å². The Labute approximate surface area is 285 Å². The molecule has 0 bridgehead atoms. The largest absolute Gasteiger partial charge is 0.458 e. The average molecular weight is 684 g/mol. The Balaban J connectivity index is 3.28. The monoisotopic (exact) mass is 683 g/mol. The minimum atomic E-state index is -1.58. The molecule has 1 aliphatic rings. The van der Waals surface area contributed by atoms with Crippen molar-refractivity contribution in [2.75, 3.05) is 13.2 Å². The van der Waals surface area contributed by atoms with Crippen molar-refractivity contribution in [3.05, 3.63) is 0 Å². The van der Waals surface area contributed by atoms with E-state index in [9.17, 15) is 39.0 Å². The van der Waals surface area contributed by atoms with Gasteiger partial charge in [-0.15, -0.1) is 0 Å². The molecule has 0 saturated carbocycles. The van der Waals surface area contributed by atoms with Crippen LogP contribution in [0.3, 0.4) is 0 Å². The maximum absolute atomic E-state index is 13.5. The summed E-state index contributed by atoms with van der Waals surface area (Å²) in [7, 11) is 0. The first-order chi connectivity index (χ1) is 22.8. The van der Waals surface area contributed by atoms with Crippen LogP contribution in [0.5, 0.6) is 0 Å². The van der Waals surface area contributed by atoms with Gasteiger partial charge in [0.25, 0.3) is 0 Å². The molecule has 48 heavy (non-hydrogen) atoms. The highest BCUT2D eigenvalue weighted by Gasteiger charge is 2.38. The molecule has 276 valence electrons. The van der Waals surface area contributed by atoms with Crippen LogP contribution >= 0.6 is 0 Å². The first-order valence-electron chi connectivity index (χ1n) is 17.8. The quantitative estimate of drug-likeness (QED) is 0.0870. The van der Waals surface area contributed by atoms with Crippen molar-refractivity contribution in [3.63, 3.8) is 0 Å². The number of rotatable bonds is 17. The van der Waals surface area contributed by atoms with Crippen LogP contribution in [0.1, 0.15) is 119 Å². The number of ether oxygens (including phenoxy) is 1. The van der Waals surface area contributed by atoms with Crippen LogP contribution in [-0.2, 0) is 33.5 Å². The van der Waals surface area contributed by atoms with E-state index in [1.807, 2.05) is 13.8 Å². The zero-order chi connectivity index (χ0) is 36.2. The number of cyclic esters (lactones) is 1. The SMILES string of the molecule is CCCCCCCCCCCC(=O)N[C@@H]1C(=O)N[C@H](CO)C(=O)N[C@@H](CO)C(=O)N[C@H]([C@H](C)CC)C(=O)N[C@@H]([C@@H](C)CC)C(=O)O[C@@H]1C. The first kappa shape index (κ1) is 42.8. The fourth-order valence-corrected chi connectivity index (χ4v) is 5.35. The second-order valence-corrected chi connectivity index (χ2v) is 13.0. The summed E-state index contributed by atoms with van der Waals surface area (Å²) in [5.74, 6) is -5.55. The lowest BCUT2D eigenvalue weighted by Crippen LogP contribution is -2.63. The molecule has 5 amide bonds. The third kappa shape index (κ3) is 14.5. The van der Waals surface area contributed by atoms with Crippen molar-refractivity contribution in [1.82, 2.24) is 26.6 Å². The minimum Gasteiger partial charge on any atom is -0.458 e. The standard InChI is InChI=1S/C34H61N5O9/c1-7-10-11-12-13-14-15-16-17-18-26(42)37-29-23(6)48-34(47)28(22(5)9-3)39-32(45)27(21(4)8-2)38-31(44)25(20-41)35-30(43)24(19-40)36-33(29)46/h21-25,27-29,40-41H,7-20H2,1-6H3,(H,35,43)(H,36,46)(H,37,42)(H,38,44)(H,39,45)/t21-,22+,23-,24-,25+,27-,28+,29+/m1/s1. The molecule has 0 aromatic heterocycles. The molecule has 0 aromatic rings. The molecule has 0 aliphatic carbocycles. The van der Waals surface area contributed by atoms with E-state index in [-0.39, 0.29) is 6.42 Å². The smallest absolute Gasteiger partial charge is 0.329 e. The highest BCUT2D eigenvalue weighted by Crippen LogP contribution is 2.16. The molecule has 1 saturated heterocycles. The fraction of sp³-hybridized carbons (Fsp3) is 0.824. The first-order valence-corrected chi connectivity index (χ1v) is 17.8. The summed E-state index contributed by atoms with van der Waals surface area (Å²) in [5, 5.41) is 32.4. The van der Waals surface area contributed by atoms with Gasteiger partial charge in [0.05, 0.1) is 13.2 Å². The van der Waals surface area contributed by atoms with Crippen LogP contribution in [0.4, 0.5) is 0 Å². The molecule has 1 aliphatic heterocycles. The van der Waals surface area contributed by atoms with E-state index < -0.39 is 96.9 Å². The third-order valence-corrected chi connectivity index (χ3v) is 9.07. The number of carbonyl (C=O) groups is 6. The Kier molecular flexibility index (Phi) is 20.6. The Hall–Kier alpha value is -3.26. The maximum atomic E-state index is 13.5. The topological polar surface area (TPSA) is 212 Å². The zero-order valence-corrected chi connectivity index (χ0v) is 29.8. The Morgan fingerprint density at radius 3 is 1.67 bits per heavy atom. The Bertz CT molecular complexity index is 1040. The Morgan fingerprint density at radius 2 is 1.15 bits per heavy atom. The normalized spacial score (nSPS) is 26.0. The summed E-state index contributed by atoms with van der Waals surface area (Å²) in [6, 6.07) is -6.82. The summed E-state index contributed by atoms with van der Waals surface area (Å²) in [5.41, 5.74) is 0. The van der Waals surface area contributed by atoms with E-state index in [1.165, 1.54) is 32.6 Å². The van der Waals surface area contributed by atoms with Crippen molar-refractivity contribution in [2.45, 2.75) is 155 Å². The van der Waals surface area contributed by atoms with E-state index in [0.717, 1.165) is 25.7 Å². The van der Waals surface area contributed by atoms with Crippen molar-refractivity contribution in [2.24, 2.45) is 11.8 Å². The van der Waals surface area contributed by atoms with Gasteiger partial charge in [0.15, 0.2) is 0 Å². The van der Waals surface area contributed by atoms with Crippen molar-refractivity contribution in [1.29, 1.82) is 0 Å². The molecule has 0 unspecified atom stereocenters. The lowest BCUT2D eigenvalue weighted by atomic mass is 9.95. The highest BCUT2D eigenvalue weighted by atomic mass is 16.5. The Morgan fingerprint density at radius 1 is 0.688 bits per heavy atom. The van der Waals surface area contributed by atoms with Gasteiger partial charge in [-0.05, 0) is 25.2 Å². The molecule has 1 fully saturated rings. The molecule has 14 heteroatoms. The lowest BCUT2D eigenvalue weighted by Gasteiger charge is -2.32. The predicted octanol–water partition coefficient (Wildman–Crippen LogP) is 1.35. The van der Waals surface area contributed by atoms with Gasteiger partial charge in [-0.3, -0.25) is 24.0 Å². The number of hydrogen-bond donors (Lipinski definition) is 7. The third-order valence-electron chi connectivity index (χ3n) is 9.07. The van der Waals surface area contributed by atoms with Gasteiger partial charge >= 0.3 is 5.97 Å². The van der Waals surface area contributed by atoms with Gasteiger partial charge < -0.3 is 41.5 Å². The van der Waals surface area contributed by atoms with Gasteiger partial charge in [-0.2, -0.15) is 0 Å². The number of carbonyl (C=O) groups excluding carboxylic acids is 6. The number of esters is 1. The summed E-state index contributed by atoms with van der Waals surface area (Å²) in [6.07, 6.45) is 9.33. The molecule has 8 atom stereocenters. The highest BCUT2D eigenvalue weighted by molar-refractivity contribution is 5.96. The van der Waals surface area contributed by atoms with Gasteiger partial charge in [-0.1, -0.05) is 98.8 Å². The number of nitrogens with one attached hydrogen (secondary N) is 5. The van der Waals surface area contributed by atoms with Gasteiger partial charge in [0, 0.05) is 6.42 Å². The summed E-state index contributed by atoms with van der Waals surface area (Å²) < 4.78 is 5.68. The zero-order valence-electron chi connectivity index (χ0n) is 29.8. The van der Waals surface area contributed by atoms with E-state index in [4.69, 9.17) is 4.74 Å². The van der Waals surface area contributed by atoms with Crippen LogP contribution in [0.2, 0.25) is 0 Å².